The third-order valence-corrected chi connectivity index (χ3v) is 4.60. The second-order valence-electron chi connectivity index (χ2n) is 7.06. The average Bonchev–Trinajstić information content (AvgIpc) is 2.66. The number of hydrogen-bond donors (Lipinski definition) is 1. The minimum atomic E-state index is -0.795. The molecule has 0 amide bonds. The number of rotatable bonds is 7. The van der Waals surface area contributed by atoms with Gasteiger partial charge < -0.3 is 19.5 Å². The molecule has 1 aliphatic rings. The van der Waals surface area contributed by atoms with Gasteiger partial charge in [0.05, 0.1) is 30.3 Å². The summed E-state index contributed by atoms with van der Waals surface area (Å²) in [5.41, 5.74) is 3.30. The minimum absolute atomic E-state index is 0.0367. The second-order valence-corrected chi connectivity index (χ2v) is 7.06. The maximum absolute atomic E-state index is 10.8. The van der Waals surface area contributed by atoms with Crippen LogP contribution in [0, 0.1) is 6.92 Å². The first-order valence-electron chi connectivity index (χ1n) is 9.25. The fourth-order valence-corrected chi connectivity index (χ4v) is 3.21. The van der Waals surface area contributed by atoms with Crippen molar-refractivity contribution in [2.45, 2.75) is 45.5 Å². The molecule has 3 rings (SSSR count). The van der Waals surface area contributed by atoms with Crippen molar-refractivity contribution in [1.29, 1.82) is 0 Å². The van der Waals surface area contributed by atoms with E-state index in [0.29, 0.717) is 25.3 Å². The number of benzene rings is 1. The molecule has 0 aliphatic carbocycles. The highest BCUT2D eigenvalue weighted by molar-refractivity contribution is 5.66. The van der Waals surface area contributed by atoms with Crippen LogP contribution in [0.1, 0.15) is 30.9 Å². The van der Waals surface area contributed by atoms with Crippen LogP contribution in [0.2, 0.25) is 0 Å². The van der Waals surface area contributed by atoms with Crippen molar-refractivity contribution in [3.05, 3.63) is 53.9 Å². The SMILES string of the molecule is Cc1ccc(COc2cncc(N3C[C@H](CCC(=O)O)O[C@@H](C)C3)c2)cc1. The maximum atomic E-state index is 10.8. The van der Waals surface area contributed by atoms with Crippen LogP contribution in [0.5, 0.6) is 5.75 Å². The van der Waals surface area contributed by atoms with Crippen LogP contribution in [0.4, 0.5) is 5.69 Å². The summed E-state index contributed by atoms with van der Waals surface area (Å²) in [5, 5.41) is 8.90. The molecule has 0 bridgehead atoms. The highest BCUT2D eigenvalue weighted by Crippen LogP contribution is 2.25. The third-order valence-electron chi connectivity index (χ3n) is 4.60. The summed E-state index contributed by atoms with van der Waals surface area (Å²) in [6.45, 7) is 5.95. The number of hydrogen-bond acceptors (Lipinski definition) is 5. The first-order valence-corrected chi connectivity index (χ1v) is 9.25. The summed E-state index contributed by atoms with van der Waals surface area (Å²) in [7, 11) is 0. The van der Waals surface area contributed by atoms with Crippen LogP contribution >= 0.6 is 0 Å². The van der Waals surface area contributed by atoms with E-state index >= 15 is 0 Å². The van der Waals surface area contributed by atoms with Gasteiger partial charge in [-0.05, 0) is 25.8 Å². The van der Waals surface area contributed by atoms with Gasteiger partial charge in [-0.3, -0.25) is 9.78 Å². The van der Waals surface area contributed by atoms with Crippen molar-refractivity contribution < 1.29 is 19.4 Å². The Balaban J connectivity index is 1.63. The van der Waals surface area contributed by atoms with Crippen molar-refractivity contribution >= 4 is 11.7 Å². The van der Waals surface area contributed by atoms with Gasteiger partial charge in [-0.15, -0.1) is 0 Å². The molecule has 0 unspecified atom stereocenters. The van der Waals surface area contributed by atoms with E-state index in [9.17, 15) is 4.79 Å². The van der Waals surface area contributed by atoms with Crippen LogP contribution in [0.15, 0.2) is 42.7 Å². The van der Waals surface area contributed by atoms with E-state index in [1.54, 1.807) is 6.20 Å². The number of anilines is 1. The minimum Gasteiger partial charge on any atom is -0.487 e. The molecule has 2 heterocycles. The number of ether oxygens (including phenoxy) is 2. The molecule has 0 radical (unpaired) electrons. The molecule has 27 heavy (non-hydrogen) atoms. The van der Waals surface area contributed by atoms with Gasteiger partial charge in [-0.1, -0.05) is 29.8 Å². The Labute approximate surface area is 159 Å². The zero-order valence-electron chi connectivity index (χ0n) is 15.8. The third kappa shape index (κ3) is 5.69. The number of pyridine rings is 1. The molecule has 2 atom stereocenters. The van der Waals surface area contributed by atoms with Crippen LogP contribution < -0.4 is 9.64 Å². The largest absolute Gasteiger partial charge is 0.487 e. The number of carboxylic acid groups (broad SMARTS) is 1. The van der Waals surface area contributed by atoms with Crippen molar-refractivity contribution in [2.75, 3.05) is 18.0 Å². The van der Waals surface area contributed by atoms with Crippen LogP contribution in [0.3, 0.4) is 0 Å². The Bertz CT molecular complexity index is 763. The monoisotopic (exact) mass is 370 g/mol. The quantitative estimate of drug-likeness (QED) is 0.805. The molecule has 0 saturated carbocycles. The predicted octanol–water partition coefficient (Wildman–Crippen LogP) is 3.43. The number of aryl methyl sites for hydroxylation is 1. The Kier molecular flexibility index (Phi) is 6.29. The van der Waals surface area contributed by atoms with Crippen molar-refractivity contribution in [3.63, 3.8) is 0 Å². The zero-order valence-corrected chi connectivity index (χ0v) is 15.8. The van der Waals surface area contributed by atoms with E-state index in [0.717, 1.165) is 17.8 Å². The molecule has 2 aromatic rings. The Morgan fingerprint density at radius 2 is 2.07 bits per heavy atom. The van der Waals surface area contributed by atoms with Gasteiger partial charge in [0.1, 0.15) is 12.4 Å². The molecular weight excluding hydrogens is 344 g/mol. The van der Waals surface area contributed by atoms with Crippen LogP contribution in [-0.4, -0.2) is 41.4 Å². The van der Waals surface area contributed by atoms with Crippen molar-refractivity contribution in [1.82, 2.24) is 4.98 Å². The highest BCUT2D eigenvalue weighted by atomic mass is 16.5. The molecule has 1 fully saturated rings. The van der Waals surface area contributed by atoms with Crippen molar-refractivity contribution in [3.8, 4) is 5.75 Å². The fraction of sp³-hybridized carbons (Fsp3) is 0.429. The molecule has 144 valence electrons. The lowest BCUT2D eigenvalue weighted by Gasteiger charge is -2.38. The Morgan fingerprint density at radius 3 is 2.81 bits per heavy atom. The summed E-state index contributed by atoms with van der Waals surface area (Å²) >= 11 is 0. The predicted molar refractivity (Wildman–Crippen MR) is 103 cm³/mol. The van der Waals surface area contributed by atoms with Gasteiger partial charge in [-0.25, -0.2) is 0 Å². The molecule has 1 aromatic heterocycles. The van der Waals surface area contributed by atoms with Crippen molar-refractivity contribution in [2.24, 2.45) is 0 Å². The summed E-state index contributed by atoms with van der Waals surface area (Å²) < 4.78 is 11.8. The van der Waals surface area contributed by atoms with Gasteiger partial charge in [0.2, 0.25) is 0 Å². The number of carboxylic acids is 1. The summed E-state index contributed by atoms with van der Waals surface area (Å²) in [5.74, 6) is -0.0779. The number of aliphatic carboxylic acids is 1. The second kappa shape index (κ2) is 8.86. The molecular formula is C21H26N2O4. The van der Waals surface area contributed by atoms with Crippen LogP contribution in [-0.2, 0) is 16.1 Å². The van der Waals surface area contributed by atoms with E-state index in [1.165, 1.54) is 5.56 Å². The lowest BCUT2D eigenvalue weighted by molar-refractivity contribution is -0.138. The Morgan fingerprint density at radius 1 is 1.30 bits per heavy atom. The van der Waals surface area contributed by atoms with E-state index in [4.69, 9.17) is 14.6 Å². The Hall–Kier alpha value is -2.60. The summed E-state index contributed by atoms with van der Waals surface area (Å²) in [4.78, 5) is 17.3. The van der Waals surface area contributed by atoms with E-state index in [2.05, 4.69) is 41.1 Å². The summed E-state index contributed by atoms with van der Waals surface area (Å²) in [6.07, 6.45) is 4.09. The molecule has 6 nitrogen and oxygen atoms in total. The topological polar surface area (TPSA) is 71.9 Å². The molecule has 1 aromatic carbocycles. The van der Waals surface area contributed by atoms with Gasteiger partial charge in [-0.2, -0.15) is 0 Å². The molecule has 1 N–H and O–H groups in total. The lowest BCUT2D eigenvalue weighted by Crippen LogP contribution is -2.46. The zero-order chi connectivity index (χ0) is 19.2. The van der Waals surface area contributed by atoms with E-state index in [1.807, 2.05) is 19.2 Å². The standard InChI is InChI=1S/C21H26N2O4/c1-15-3-5-17(6-4-15)14-26-20-9-18(10-22-11-20)23-12-16(2)27-19(13-23)7-8-21(24)25/h3-6,9-11,16,19H,7-8,12-14H2,1-2H3,(H,24,25)/t16-,19-/m0/s1. The van der Waals surface area contributed by atoms with Gasteiger partial charge in [0, 0.05) is 25.6 Å². The first kappa shape index (κ1) is 19.2. The number of nitrogens with zero attached hydrogens (tertiary/aromatic N) is 2. The fourth-order valence-electron chi connectivity index (χ4n) is 3.21. The molecule has 0 spiro atoms. The van der Waals surface area contributed by atoms with Gasteiger partial charge in [0.15, 0.2) is 0 Å². The highest BCUT2D eigenvalue weighted by Gasteiger charge is 2.26. The van der Waals surface area contributed by atoms with Crippen LogP contribution in [0.25, 0.3) is 0 Å². The maximum Gasteiger partial charge on any atom is 0.303 e. The molecule has 1 aliphatic heterocycles. The molecule has 1 saturated heterocycles. The van der Waals surface area contributed by atoms with Gasteiger partial charge in [0.25, 0.3) is 0 Å². The normalized spacial score (nSPS) is 19.7. The molecule has 6 heteroatoms. The number of morpholine rings is 1. The van der Waals surface area contributed by atoms with E-state index in [-0.39, 0.29) is 18.6 Å². The summed E-state index contributed by atoms with van der Waals surface area (Å²) in [6, 6.07) is 10.2. The van der Waals surface area contributed by atoms with E-state index < -0.39 is 5.97 Å². The number of carbonyl (C=O) groups is 1. The number of aromatic nitrogens is 1. The van der Waals surface area contributed by atoms with Gasteiger partial charge >= 0.3 is 5.97 Å². The lowest BCUT2D eigenvalue weighted by atomic mass is 10.1. The smallest absolute Gasteiger partial charge is 0.303 e. The average molecular weight is 370 g/mol. The first-order chi connectivity index (χ1) is 13.0.